The number of hydrogen-bond acceptors (Lipinski definition) is 3. The van der Waals surface area contributed by atoms with Gasteiger partial charge in [0.1, 0.15) is 5.78 Å². The molecule has 0 aliphatic rings. The van der Waals surface area contributed by atoms with Crippen LogP contribution in [-0.4, -0.2) is 48.2 Å². The molecule has 0 aromatic rings. The molecule has 0 saturated heterocycles. The molecule has 1 N–H and O–H groups in total. The van der Waals surface area contributed by atoms with Crippen molar-refractivity contribution in [2.45, 2.75) is 25.9 Å². The Morgan fingerprint density at radius 3 is 2.40 bits per heavy atom. The molecule has 15 heavy (non-hydrogen) atoms. The highest BCUT2D eigenvalue weighted by molar-refractivity contribution is 5.80. The SMILES string of the molecule is CCCC(=O)CN(CCO)CC(F)(F)F. The van der Waals surface area contributed by atoms with Crippen molar-refractivity contribution in [1.29, 1.82) is 0 Å². The molecule has 0 rings (SSSR count). The maximum absolute atomic E-state index is 12.0. The van der Waals surface area contributed by atoms with E-state index in [1.54, 1.807) is 6.92 Å². The predicted octanol–water partition coefficient (Wildman–Crippen LogP) is 1.21. The molecule has 3 nitrogen and oxygen atoms in total. The Labute approximate surface area is 86.9 Å². The lowest BCUT2D eigenvalue weighted by Gasteiger charge is -2.21. The number of Topliss-reactive ketones (excluding diaryl/α,β-unsaturated/α-hetero) is 1. The molecule has 0 aliphatic carbocycles. The Hall–Kier alpha value is -0.620. The molecule has 0 spiro atoms. The average Bonchev–Trinajstić information content (AvgIpc) is 2.01. The zero-order valence-corrected chi connectivity index (χ0v) is 8.68. The minimum atomic E-state index is -4.33. The van der Waals surface area contributed by atoms with E-state index >= 15 is 0 Å². The molecule has 0 amide bonds. The van der Waals surface area contributed by atoms with E-state index in [1.165, 1.54) is 0 Å². The van der Waals surface area contributed by atoms with E-state index in [0.29, 0.717) is 6.42 Å². The van der Waals surface area contributed by atoms with Crippen molar-refractivity contribution in [3.8, 4) is 0 Å². The molecule has 0 aromatic carbocycles. The second kappa shape index (κ2) is 6.79. The maximum Gasteiger partial charge on any atom is 0.401 e. The first-order valence-electron chi connectivity index (χ1n) is 4.80. The van der Waals surface area contributed by atoms with Gasteiger partial charge >= 0.3 is 6.18 Å². The summed E-state index contributed by atoms with van der Waals surface area (Å²) in [6.07, 6.45) is -3.43. The van der Waals surface area contributed by atoms with Crippen LogP contribution in [0.2, 0.25) is 0 Å². The zero-order valence-electron chi connectivity index (χ0n) is 8.68. The standard InChI is InChI=1S/C9H16F3NO2/c1-2-3-8(15)6-13(4-5-14)7-9(10,11)12/h14H,2-7H2,1H3. The number of carbonyl (C=O) groups is 1. The van der Waals surface area contributed by atoms with Crippen LogP contribution >= 0.6 is 0 Å². The summed E-state index contributed by atoms with van der Waals surface area (Å²) in [6.45, 7) is -0.112. The van der Waals surface area contributed by atoms with E-state index in [2.05, 4.69) is 0 Å². The number of rotatable bonds is 7. The first kappa shape index (κ1) is 14.4. The normalized spacial score (nSPS) is 12.1. The van der Waals surface area contributed by atoms with Crippen LogP contribution in [0.5, 0.6) is 0 Å². The van der Waals surface area contributed by atoms with Crippen LogP contribution in [0, 0.1) is 0 Å². The average molecular weight is 227 g/mol. The lowest BCUT2D eigenvalue weighted by Crippen LogP contribution is -2.39. The van der Waals surface area contributed by atoms with E-state index in [1.807, 2.05) is 0 Å². The van der Waals surface area contributed by atoms with Gasteiger partial charge in [-0.25, -0.2) is 0 Å². The number of aliphatic hydroxyl groups is 1. The maximum atomic E-state index is 12.0. The first-order chi connectivity index (χ1) is 6.89. The number of carbonyl (C=O) groups excluding carboxylic acids is 1. The highest BCUT2D eigenvalue weighted by Crippen LogP contribution is 2.16. The van der Waals surface area contributed by atoms with Crippen molar-refractivity contribution < 1.29 is 23.1 Å². The van der Waals surface area contributed by atoms with Crippen molar-refractivity contribution >= 4 is 5.78 Å². The van der Waals surface area contributed by atoms with Crippen molar-refractivity contribution in [2.75, 3.05) is 26.2 Å². The third kappa shape index (κ3) is 8.38. The Morgan fingerprint density at radius 2 is 2.00 bits per heavy atom. The number of hydrogen-bond donors (Lipinski definition) is 1. The van der Waals surface area contributed by atoms with Gasteiger partial charge in [0, 0.05) is 13.0 Å². The predicted molar refractivity (Wildman–Crippen MR) is 49.5 cm³/mol. The van der Waals surface area contributed by atoms with E-state index in [-0.39, 0.29) is 31.9 Å². The lowest BCUT2D eigenvalue weighted by atomic mass is 10.2. The molecular weight excluding hydrogens is 211 g/mol. The Morgan fingerprint density at radius 1 is 1.40 bits per heavy atom. The van der Waals surface area contributed by atoms with E-state index in [9.17, 15) is 18.0 Å². The highest BCUT2D eigenvalue weighted by Gasteiger charge is 2.30. The fraction of sp³-hybridized carbons (Fsp3) is 0.889. The molecule has 90 valence electrons. The molecule has 6 heteroatoms. The van der Waals surface area contributed by atoms with E-state index in [0.717, 1.165) is 4.90 Å². The third-order valence-electron chi connectivity index (χ3n) is 1.75. The molecule has 0 atom stereocenters. The van der Waals surface area contributed by atoms with Crippen LogP contribution in [0.1, 0.15) is 19.8 Å². The topological polar surface area (TPSA) is 40.5 Å². The molecule has 0 saturated carbocycles. The summed E-state index contributed by atoms with van der Waals surface area (Å²) in [5.41, 5.74) is 0. The van der Waals surface area contributed by atoms with Gasteiger partial charge < -0.3 is 5.11 Å². The summed E-state index contributed by atoms with van der Waals surface area (Å²) in [5.74, 6) is -0.227. The molecule has 0 unspecified atom stereocenters. The quantitative estimate of drug-likeness (QED) is 0.710. The highest BCUT2D eigenvalue weighted by atomic mass is 19.4. The third-order valence-corrected chi connectivity index (χ3v) is 1.75. The van der Waals surface area contributed by atoms with Gasteiger partial charge in [0.2, 0.25) is 0 Å². The largest absolute Gasteiger partial charge is 0.401 e. The monoisotopic (exact) mass is 227 g/mol. The smallest absolute Gasteiger partial charge is 0.395 e. The minimum Gasteiger partial charge on any atom is -0.395 e. The van der Waals surface area contributed by atoms with Crippen molar-refractivity contribution in [1.82, 2.24) is 4.90 Å². The van der Waals surface area contributed by atoms with Gasteiger partial charge in [-0.05, 0) is 6.42 Å². The van der Waals surface area contributed by atoms with Crippen LogP contribution in [0.4, 0.5) is 13.2 Å². The summed E-state index contributed by atoms with van der Waals surface area (Å²) in [6, 6.07) is 0. The Bertz CT molecular complexity index is 194. The number of nitrogens with zero attached hydrogens (tertiary/aromatic N) is 1. The number of alkyl halides is 3. The first-order valence-corrected chi connectivity index (χ1v) is 4.80. The zero-order chi connectivity index (χ0) is 11.9. The summed E-state index contributed by atoms with van der Waals surface area (Å²) in [4.78, 5) is 12.0. The molecular formula is C9H16F3NO2. The summed E-state index contributed by atoms with van der Waals surface area (Å²) in [5, 5.41) is 8.56. The Balaban J connectivity index is 4.09. The van der Waals surface area contributed by atoms with Crippen LogP contribution in [0.25, 0.3) is 0 Å². The molecule has 0 fully saturated rings. The van der Waals surface area contributed by atoms with Crippen LogP contribution in [0.3, 0.4) is 0 Å². The number of ketones is 1. The fourth-order valence-electron chi connectivity index (χ4n) is 1.22. The van der Waals surface area contributed by atoms with Crippen molar-refractivity contribution in [2.24, 2.45) is 0 Å². The molecule has 0 radical (unpaired) electrons. The van der Waals surface area contributed by atoms with E-state index in [4.69, 9.17) is 5.11 Å². The second-order valence-electron chi connectivity index (χ2n) is 3.34. The lowest BCUT2D eigenvalue weighted by molar-refractivity contribution is -0.149. The van der Waals surface area contributed by atoms with Gasteiger partial charge in [-0.1, -0.05) is 6.92 Å². The second-order valence-corrected chi connectivity index (χ2v) is 3.34. The van der Waals surface area contributed by atoms with Gasteiger partial charge in [-0.15, -0.1) is 0 Å². The number of aliphatic hydroxyl groups excluding tert-OH is 1. The Kier molecular flexibility index (Phi) is 6.51. The van der Waals surface area contributed by atoms with Crippen LogP contribution in [-0.2, 0) is 4.79 Å². The minimum absolute atomic E-state index is 0.130. The van der Waals surface area contributed by atoms with Gasteiger partial charge in [-0.3, -0.25) is 9.69 Å². The van der Waals surface area contributed by atoms with Gasteiger partial charge in [0.15, 0.2) is 0 Å². The fourth-order valence-corrected chi connectivity index (χ4v) is 1.22. The van der Waals surface area contributed by atoms with Crippen molar-refractivity contribution in [3.63, 3.8) is 0 Å². The van der Waals surface area contributed by atoms with Crippen molar-refractivity contribution in [3.05, 3.63) is 0 Å². The number of halogens is 3. The van der Waals surface area contributed by atoms with Gasteiger partial charge in [-0.2, -0.15) is 13.2 Å². The molecule has 0 heterocycles. The summed E-state index contributed by atoms with van der Waals surface area (Å²) < 4.78 is 36.1. The van der Waals surface area contributed by atoms with Crippen LogP contribution in [0.15, 0.2) is 0 Å². The van der Waals surface area contributed by atoms with Crippen LogP contribution < -0.4 is 0 Å². The van der Waals surface area contributed by atoms with Gasteiger partial charge in [0.05, 0.1) is 19.7 Å². The molecule has 0 aliphatic heterocycles. The summed E-state index contributed by atoms with van der Waals surface area (Å²) in [7, 11) is 0. The van der Waals surface area contributed by atoms with E-state index < -0.39 is 12.7 Å². The van der Waals surface area contributed by atoms with Gasteiger partial charge in [0.25, 0.3) is 0 Å². The molecule has 0 aromatic heterocycles. The molecule has 0 bridgehead atoms. The summed E-state index contributed by atoms with van der Waals surface area (Å²) >= 11 is 0.